The number of hydrogen-bond acceptors (Lipinski definition) is 8. The number of ether oxygens (including phenoxy) is 1. The van der Waals surface area contributed by atoms with E-state index in [0.29, 0.717) is 18.3 Å². The number of aromatic nitrogens is 8. The van der Waals surface area contributed by atoms with Crippen molar-refractivity contribution >= 4 is 0 Å². The molecule has 0 saturated carbocycles. The van der Waals surface area contributed by atoms with Gasteiger partial charge in [0.1, 0.15) is 6.10 Å². The molecule has 10 heteroatoms. The lowest BCUT2D eigenvalue weighted by atomic mass is 10.1. The van der Waals surface area contributed by atoms with Gasteiger partial charge in [0.2, 0.25) is 11.6 Å². The Morgan fingerprint density at radius 1 is 1.25 bits per heavy atom. The second-order valence-corrected chi connectivity index (χ2v) is 5.66. The minimum absolute atomic E-state index is 0.133. The van der Waals surface area contributed by atoms with Crippen LogP contribution in [0.2, 0.25) is 0 Å². The predicted octanol–water partition coefficient (Wildman–Crippen LogP) is -0.0363. The number of nitrogens with one attached hydrogen (secondary N) is 1. The van der Waals surface area contributed by atoms with Crippen molar-refractivity contribution in [1.29, 1.82) is 0 Å². The van der Waals surface area contributed by atoms with E-state index in [1.807, 2.05) is 12.1 Å². The van der Waals surface area contributed by atoms with Crippen molar-refractivity contribution in [1.82, 2.24) is 45.7 Å². The van der Waals surface area contributed by atoms with Gasteiger partial charge in [-0.3, -0.25) is 4.90 Å². The van der Waals surface area contributed by atoms with Gasteiger partial charge in [0.05, 0.1) is 13.7 Å². The zero-order chi connectivity index (χ0) is 16.4. The molecule has 124 valence electrons. The molecule has 0 amide bonds. The molecule has 3 heterocycles. The van der Waals surface area contributed by atoms with Gasteiger partial charge in [-0.25, -0.2) is 0 Å². The van der Waals surface area contributed by atoms with Crippen molar-refractivity contribution in [3.63, 3.8) is 0 Å². The monoisotopic (exact) mass is 327 g/mol. The minimum Gasteiger partial charge on any atom is -0.367 e. The van der Waals surface area contributed by atoms with Gasteiger partial charge in [-0.2, -0.15) is 10.0 Å². The lowest BCUT2D eigenvalue weighted by Gasteiger charge is -2.31. The predicted molar refractivity (Wildman–Crippen MR) is 82.4 cm³/mol. The Hall–Kier alpha value is -2.72. The summed E-state index contributed by atoms with van der Waals surface area (Å²) in [7, 11) is 1.75. The Morgan fingerprint density at radius 3 is 2.83 bits per heavy atom. The number of tetrazole rings is 2. The SMILES string of the molecule is Cn1nnc(C2CN(Cc3ccc(-c4nn[nH]n4)cc3)CCO2)n1. The number of morpholine rings is 1. The molecule has 0 radical (unpaired) electrons. The van der Waals surface area contributed by atoms with E-state index in [2.05, 4.69) is 53.1 Å². The summed E-state index contributed by atoms with van der Waals surface area (Å²) in [4.78, 5) is 3.78. The maximum Gasteiger partial charge on any atom is 0.204 e. The first-order valence-corrected chi connectivity index (χ1v) is 7.68. The van der Waals surface area contributed by atoms with Gasteiger partial charge >= 0.3 is 0 Å². The fourth-order valence-electron chi connectivity index (χ4n) is 2.73. The second kappa shape index (κ2) is 6.42. The fraction of sp³-hybridized carbons (Fsp3) is 0.429. The van der Waals surface area contributed by atoms with E-state index in [1.165, 1.54) is 10.4 Å². The molecule has 1 saturated heterocycles. The molecular weight excluding hydrogens is 310 g/mol. The van der Waals surface area contributed by atoms with Gasteiger partial charge < -0.3 is 4.74 Å². The molecule has 1 unspecified atom stereocenters. The van der Waals surface area contributed by atoms with Crippen LogP contribution in [0.5, 0.6) is 0 Å². The molecule has 1 N–H and O–H groups in total. The third-order valence-electron chi connectivity index (χ3n) is 3.93. The maximum absolute atomic E-state index is 5.77. The topological polar surface area (TPSA) is 111 Å². The molecule has 1 aromatic carbocycles. The highest BCUT2D eigenvalue weighted by Crippen LogP contribution is 2.21. The average Bonchev–Trinajstić information content (AvgIpc) is 3.28. The highest BCUT2D eigenvalue weighted by atomic mass is 16.5. The van der Waals surface area contributed by atoms with Crippen LogP contribution in [-0.4, -0.2) is 65.4 Å². The summed E-state index contributed by atoms with van der Waals surface area (Å²) in [5, 5.41) is 26.2. The van der Waals surface area contributed by atoms with Crippen LogP contribution < -0.4 is 0 Å². The summed E-state index contributed by atoms with van der Waals surface area (Å²) < 4.78 is 5.77. The Labute approximate surface area is 137 Å². The van der Waals surface area contributed by atoms with Gasteiger partial charge in [0.25, 0.3) is 0 Å². The summed E-state index contributed by atoms with van der Waals surface area (Å²) in [6.45, 7) is 3.12. The number of hydrogen-bond donors (Lipinski definition) is 1. The van der Waals surface area contributed by atoms with E-state index in [4.69, 9.17) is 4.74 Å². The molecule has 10 nitrogen and oxygen atoms in total. The van der Waals surface area contributed by atoms with Crippen molar-refractivity contribution in [2.75, 3.05) is 19.7 Å². The van der Waals surface area contributed by atoms with E-state index >= 15 is 0 Å². The molecule has 0 spiro atoms. The first-order valence-electron chi connectivity index (χ1n) is 7.68. The van der Waals surface area contributed by atoms with Gasteiger partial charge in [0, 0.05) is 25.2 Å². The number of rotatable bonds is 4. The van der Waals surface area contributed by atoms with E-state index in [0.717, 1.165) is 25.2 Å². The molecule has 24 heavy (non-hydrogen) atoms. The van der Waals surface area contributed by atoms with Gasteiger partial charge in [-0.1, -0.05) is 24.3 Å². The number of aryl methyl sites for hydroxylation is 1. The normalized spacial score (nSPS) is 18.8. The van der Waals surface area contributed by atoms with E-state index < -0.39 is 0 Å². The number of benzene rings is 1. The van der Waals surface area contributed by atoms with E-state index in [-0.39, 0.29) is 6.10 Å². The van der Waals surface area contributed by atoms with Crippen LogP contribution in [0.3, 0.4) is 0 Å². The first-order chi connectivity index (χ1) is 11.8. The van der Waals surface area contributed by atoms with Crippen molar-refractivity contribution in [3.8, 4) is 11.4 Å². The summed E-state index contributed by atoms with van der Waals surface area (Å²) in [5.74, 6) is 1.23. The van der Waals surface area contributed by atoms with Crippen LogP contribution in [-0.2, 0) is 18.3 Å². The molecule has 2 aromatic heterocycles. The average molecular weight is 327 g/mol. The Kier molecular flexibility index (Phi) is 3.97. The van der Waals surface area contributed by atoms with E-state index in [1.54, 1.807) is 7.05 Å². The molecule has 1 fully saturated rings. The van der Waals surface area contributed by atoms with Gasteiger partial charge in [-0.05, 0) is 16.0 Å². The Balaban J connectivity index is 1.41. The molecule has 0 bridgehead atoms. The lowest BCUT2D eigenvalue weighted by molar-refractivity contribution is -0.0373. The smallest absolute Gasteiger partial charge is 0.204 e. The molecule has 1 aliphatic heterocycles. The zero-order valence-electron chi connectivity index (χ0n) is 13.2. The third-order valence-corrected chi connectivity index (χ3v) is 3.93. The second-order valence-electron chi connectivity index (χ2n) is 5.66. The molecule has 1 aliphatic rings. The highest BCUT2D eigenvalue weighted by Gasteiger charge is 2.25. The van der Waals surface area contributed by atoms with Crippen LogP contribution in [0.15, 0.2) is 24.3 Å². The van der Waals surface area contributed by atoms with Crippen LogP contribution in [0.25, 0.3) is 11.4 Å². The van der Waals surface area contributed by atoms with Crippen LogP contribution >= 0.6 is 0 Å². The van der Waals surface area contributed by atoms with Crippen molar-refractivity contribution in [2.45, 2.75) is 12.6 Å². The summed E-state index contributed by atoms with van der Waals surface area (Å²) in [6.07, 6.45) is -0.133. The molecule has 0 aliphatic carbocycles. The maximum atomic E-state index is 5.77. The minimum atomic E-state index is -0.133. The highest BCUT2D eigenvalue weighted by molar-refractivity contribution is 5.54. The summed E-state index contributed by atoms with van der Waals surface area (Å²) in [5.41, 5.74) is 2.16. The first kappa shape index (κ1) is 14.8. The lowest BCUT2D eigenvalue weighted by Crippen LogP contribution is -2.38. The standard InChI is InChI=1S/C14H17N9O/c1-22-18-14(17-21-22)12-9-23(6-7-24-12)8-10-2-4-11(5-3-10)13-15-19-20-16-13/h2-5,12H,6-9H2,1H3,(H,15,16,19,20). The van der Waals surface area contributed by atoms with E-state index in [9.17, 15) is 0 Å². The van der Waals surface area contributed by atoms with Gasteiger partial charge in [-0.15, -0.1) is 20.4 Å². The molecule has 4 rings (SSSR count). The number of H-pyrrole nitrogens is 1. The third kappa shape index (κ3) is 3.14. The van der Waals surface area contributed by atoms with Crippen LogP contribution in [0.4, 0.5) is 0 Å². The largest absolute Gasteiger partial charge is 0.367 e. The van der Waals surface area contributed by atoms with Crippen molar-refractivity contribution in [2.24, 2.45) is 7.05 Å². The quantitative estimate of drug-likeness (QED) is 0.711. The summed E-state index contributed by atoms with van der Waals surface area (Å²) >= 11 is 0. The van der Waals surface area contributed by atoms with Crippen molar-refractivity contribution in [3.05, 3.63) is 35.7 Å². The zero-order valence-corrected chi connectivity index (χ0v) is 13.2. The summed E-state index contributed by atoms with van der Waals surface area (Å²) in [6, 6.07) is 8.16. The molecule has 1 atom stereocenters. The van der Waals surface area contributed by atoms with Crippen LogP contribution in [0.1, 0.15) is 17.5 Å². The fourth-order valence-corrected chi connectivity index (χ4v) is 2.73. The molecular formula is C14H17N9O. The Morgan fingerprint density at radius 2 is 2.12 bits per heavy atom. The number of aromatic amines is 1. The Bertz CT molecular complexity index is 783. The van der Waals surface area contributed by atoms with Gasteiger partial charge in [0.15, 0.2) is 0 Å². The number of nitrogens with zero attached hydrogens (tertiary/aromatic N) is 8. The molecule has 3 aromatic rings. The van der Waals surface area contributed by atoms with Crippen molar-refractivity contribution < 1.29 is 4.74 Å². The van der Waals surface area contributed by atoms with Crippen LogP contribution in [0, 0.1) is 0 Å².